The predicted molar refractivity (Wildman–Crippen MR) is 143 cm³/mol. The van der Waals surface area contributed by atoms with E-state index in [1.807, 2.05) is 30.3 Å². The molecule has 4 N–H and O–H groups in total. The first-order chi connectivity index (χ1) is 16.9. The Balaban J connectivity index is 1.70. The number of amides is 2. The molecule has 0 saturated carbocycles. The predicted octanol–water partition coefficient (Wildman–Crippen LogP) is 3.31. The van der Waals surface area contributed by atoms with Gasteiger partial charge in [0.25, 0.3) is 11.8 Å². The second kappa shape index (κ2) is 13.2. The number of benzene rings is 2. The summed E-state index contributed by atoms with van der Waals surface area (Å²) in [5.74, 6) is 4.75. The van der Waals surface area contributed by atoms with E-state index in [0.29, 0.717) is 16.8 Å². The summed E-state index contributed by atoms with van der Waals surface area (Å²) in [5.41, 5.74) is 5.60. The highest BCUT2D eigenvalue weighted by Crippen LogP contribution is 2.26. The van der Waals surface area contributed by atoms with Crippen molar-refractivity contribution in [3.8, 4) is 0 Å². The SMILES string of the molecule is CCN(CC)CCN(C)Cc1cccc(C(=O)Nc2ccc(N3CCCCC3)cc2C(=O)NN)c1. The van der Waals surface area contributed by atoms with Gasteiger partial charge in [0.2, 0.25) is 0 Å². The third-order valence-electron chi connectivity index (χ3n) is 6.68. The fourth-order valence-corrected chi connectivity index (χ4v) is 4.50. The van der Waals surface area contributed by atoms with E-state index in [4.69, 9.17) is 5.84 Å². The fraction of sp³-hybridized carbons (Fsp3) is 0.481. The van der Waals surface area contributed by atoms with Crippen molar-refractivity contribution in [1.29, 1.82) is 0 Å². The molecule has 0 spiro atoms. The van der Waals surface area contributed by atoms with Crippen LogP contribution in [-0.4, -0.2) is 67.9 Å². The van der Waals surface area contributed by atoms with Gasteiger partial charge in [-0.05, 0) is 75.3 Å². The maximum Gasteiger partial charge on any atom is 0.267 e. The van der Waals surface area contributed by atoms with Crippen molar-refractivity contribution in [2.45, 2.75) is 39.7 Å². The molecule has 0 bridgehead atoms. The van der Waals surface area contributed by atoms with Crippen molar-refractivity contribution < 1.29 is 9.59 Å². The Hall–Kier alpha value is -2.94. The monoisotopic (exact) mass is 480 g/mol. The average Bonchev–Trinajstić information content (AvgIpc) is 2.89. The fourth-order valence-electron chi connectivity index (χ4n) is 4.50. The van der Waals surface area contributed by atoms with E-state index < -0.39 is 5.91 Å². The van der Waals surface area contributed by atoms with Gasteiger partial charge in [0.15, 0.2) is 0 Å². The minimum absolute atomic E-state index is 0.255. The number of nitrogen functional groups attached to an aromatic ring is 1. The van der Waals surface area contributed by atoms with E-state index in [0.717, 1.165) is 69.9 Å². The van der Waals surface area contributed by atoms with Crippen LogP contribution in [0, 0.1) is 0 Å². The zero-order valence-corrected chi connectivity index (χ0v) is 21.3. The molecule has 0 unspecified atom stereocenters. The minimum atomic E-state index is -0.428. The van der Waals surface area contributed by atoms with E-state index in [9.17, 15) is 9.59 Å². The summed E-state index contributed by atoms with van der Waals surface area (Å²) in [6, 6.07) is 13.2. The van der Waals surface area contributed by atoms with Gasteiger partial charge in [-0.15, -0.1) is 0 Å². The summed E-state index contributed by atoms with van der Waals surface area (Å²) in [6.07, 6.45) is 3.50. The molecule has 1 fully saturated rings. The van der Waals surface area contributed by atoms with Crippen LogP contribution in [0.25, 0.3) is 0 Å². The molecule has 35 heavy (non-hydrogen) atoms. The van der Waals surface area contributed by atoms with E-state index in [-0.39, 0.29) is 5.91 Å². The quantitative estimate of drug-likeness (QED) is 0.260. The van der Waals surface area contributed by atoms with Gasteiger partial charge in [-0.1, -0.05) is 26.0 Å². The number of piperidine rings is 1. The van der Waals surface area contributed by atoms with E-state index in [1.165, 1.54) is 6.42 Å². The largest absolute Gasteiger partial charge is 0.372 e. The van der Waals surface area contributed by atoms with Gasteiger partial charge in [0.05, 0.1) is 11.3 Å². The van der Waals surface area contributed by atoms with Gasteiger partial charge in [-0.3, -0.25) is 15.0 Å². The molecule has 2 amide bonds. The number of nitrogens with one attached hydrogen (secondary N) is 2. The number of anilines is 2. The van der Waals surface area contributed by atoms with E-state index >= 15 is 0 Å². The van der Waals surface area contributed by atoms with Gasteiger partial charge in [-0.25, -0.2) is 5.84 Å². The summed E-state index contributed by atoms with van der Waals surface area (Å²) in [6.45, 7) is 11.1. The lowest BCUT2D eigenvalue weighted by atomic mass is 10.1. The summed E-state index contributed by atoms with van der Waals surface area (Å²) >= 11 is 0. The molecule has 3 rings (SSSR count). The number of likely N-dealkylation sites (N-methyl/N-ethyl adjacent to an activating group) is 2. The van der Waals surface area contributed by atoms with Crippen molar-refractivity contribution in [2.75, 3.05) is 56.5 Å². The number of carbonyl (C=O) groups excluding carboxylic acids is 2. The molecule has 2 aromatic rings. The van der Waals surface area contributed by atoms with Crippen molar-refractivity contribution in [3.63, 3.8) is 0 Å². The summed E-state index contributed by atoms with van der Waals surface area (Å²) in [7, 11) is 2.10. The van der Waals surface area contributed by atoms with Gasteiger partial charge < -0.3 is 20.0 Å². The second-order valence-corrected chi connectivity index (χ2v) is 9.17. The molecular weight excluding hydrogens is 440 g/mol. The molecule has 0 aromatic heterocycles. The lowest BCUT2D eigenvalue weighted by molar-refractivity contribution is 0.0954. The van der Waals surface area contributed by atoms with Crippen LogP contribution in [0.5, 0.6) is 0 Å². The maximum absolute atomic E-state index is 13.1. The number of hydrogen-bond donors (Lipinski definition) is 3. The molecule has 0 atom stereocenters. The van der Waals surface area contributed by atoms with Crippen molar-refractivity contribution in [1.82, 2.24) is 15.2 Å². The van der Waals surface area contributed by atoms with Crippen LogP contribution < -0.4 is 21.5 Å². The van der Waals surface area contributed by atoms with E-state index in [2.05, 4.69) is 46.3 Å². The van der Waals surface area contributed by atoms with Crippen LogP contribution in [0.1, 0.15) is 59.4 Å². The van der Waals surface area contributed by atoms with Crippen LogP contribution in [0.4, 0.5) is 11.4 Å². The number of carbonyl (C=O) groups is 2. The zero-order chi connectivity index (χ0) is 25.2. The number of nitrogens with zero attached hydrogens (tertiary/aromatic N) is 3. The smallest absolute Gasteiger partial charge is 0.267 e. The first-order valence-corrected chi connectivity index (χ1v) is 12.7. The Morgan fingerprint density at radius 3 is 2.40 bits per heavy atom. The highest BCUT2D eigenvalue weighted by molar-refractivity contribution is 6.09. The van der Waals surface area contributed by atoms with Crippen LogP contribution in [-0.2, 0) is 6.54 Å². The highest BCUT2D eigenvalue weighted by Gasteiger charge is 2.18. The molecule has 1 saturated heterocycles. The number of hydrazine groups is 1. The van der Waals surface area contributed by atoms with E-state index in [1.54, 1.807) is 12.1 Å². The lowest BCUT2D eigenvalue weighted by Crippen LogP contribution is -2.33. The number of nitrogens with two attached hydrogens (primary N) is 1. The number of hydrogen-bond acceptors (Lipinski definition) is 6. The zero-order valence-electron chi connectivity index (χ0n) is 21.3. The Morgan fingerprint density at radius 1 is 0.971 bits per heavy atom. The van der Waals surface area contributed by atoms with Crippen molar-refractivity contribution in [2.24, 2.45) is 5.84 Å². The van der Waals surface area contributed by atoms with Gasteiger partial charge in [0.1, 0.15) is 0 Å². The van der Waals surface area contributed by atoms with Crippen molar-refractivity contribution >= 4 is 23.2 Å². The molecule has 2 aromatic carbocycles. The molecule has 1 heterocycles. The van der Waals surface area contributed by atoms with Gasteiger partial charge >= 0.3 is 0 Å². The standard InChI is InChI=1S/C27H40N6O2/c1-4-32(5-2)17-16-31(3)20-21-10-9-11-22(18-21)26(34)29-25-13-12-23(19-24(25)27(35)30-28)33-14-7-6-8-15-33/h9-13,18-19H,4-8,14-17,20,28H2,1-3H3,(H,29,34)(H,30,35). The Labute approximate surface area is 209 Å². The van der Waals surface area contributed by atoms with Crippen LogP contribution in [0.3, 0.4) is 0 Å². The van der Waals surface area contributed by atoms with Crippen LogP contribution in [0.2, 0.25) is 0 Å². The minimum Gasteiger partial charge on any atom is -0.372 e. The number of rotatable bonds is 11. The first-order valence-electron chi connectivity index (χ1n) is 12.7. The topological polar surface area (TPSA) is 93.9 Å². The Kier molecular flexibility index (Phi) is 10.1. The van der Waals surface area contributed by atoms with Crippen LogP contribution >= 0.6 is 0 Å². The third-order valence-corrected chi connectivity index (χ3v) is 6.68. The molecule has 8 nitrogen and oxygen atoms in total. The summed E-state index contributed by atoms with van der Waals surface area (Å²) in [5, 5.41) is 2.91. The normalized spacial score (nSPS) is 13.8. The average molecular weight is 481 g/mol. The second-order valence-electron chi connectivity index (χ2n) is 9.17. The Bertz CT molecular complexity index is 985. The van der Waals surface area contributed by atoms with Gasteiger partial charge in [-0.2, -0.15) is 0 Å². The molecule has 1 aliphatic rings. The third kappa shape index (κ3) is 7.52. The Morgan fingerprint density at radius 2 is 1.71 bits per heavy atom. The molecule has 8 heteroatoms. The lowest BCUT2D eigenvalue weighted by Gasteiger charge is -2.29. The molecule has 190 valence electrons. The van der Waals surface area contributed by atoms with Crippen LogP contribution in [0.15, 0.2) is 42.5 Å². The van der Waals surface area contributed by atoms with Gasteiger partial charge in [0, 0.05) is 44.0 Å². The maximum atomic E-state index is 13.1. The molecule has 1 aliphatic heterocycles. The summed E-state index contributed by atoms with van der Waals surface area (Å²) in [4.78, 5) is 32.5. The molecule has 0 radical (unpaired) electrons. The summed E-state index contributed by atoms with van der Waals surface area (Å²) < 4.78 is 0. The molecular formula is C27H40N6O2. The van der Waals surface area contributed by atoms with Crippen molar-refractivity contribution in [3.05, 3.63) is 59.2 Å². The highest BCUT2D eigenvalue weighted by atomic mass is 16.2. The first kappa shape index (κ1) is 26.7. The molecule has 0 aliphatic carbocycles.